The highest BCUT2D eigenvalue weighted by molar-refractivity contribution is 5.75. The quantitative estimate of drug-likeness (QED) is 0.571. The molecule has 2 nitrogen and oxygen atoms in total. The lowest BCUT2D eigenvalue weighted by Gasteiger charge is -2.07. The normalized spacial score (nSPS) is 10.9. The number of hydrogen-bond donors (Lipinski definition) is 0. The van der Waals surface area contributed by atoms with E-state index in [0.29, 0.717) is 6.29 Å². The lowest BCUT2D eigenvalue weighted by Crippen LogP contribution is -2.03. The Morgan fingerprint density at radius 3 is 2.67 bits per heavy atom. The summed E-state index contributed by atoms with van der Waals surface area (Å²) in [7, 11) is 0. The number of allylic oxidation sites excluding steroid dienone is 1. The number of carbonyl (C=O) groups excluding carboxylic acids is 1. The molecule has 1 aromatic carbocycles. The van der Waals surface area contributed by atoms with Gasteiger partial charge in [-0.05, 0) is 24.3 Å². The summed E-state index contributed by atoms with van der Waals surface area (Å²) in [6, 6.07) is 3.16. The Kier molecular flexibility index (Phi) is 3.91. The largest absolute Gasteiger partial charge is 0.434 e. The van der Waals surface area contributed by atoms with Gasteiger partial charge in [0.05, 0.1) is 0 Å². The van der Waals surface area contributed by atoms with Crippen molar-refractivity contribution in [1.29, 1.82) is 0 Å². The molecule has 0 spiro atoms. The fourth-order valence-corrected chi connectivity index (χ4v) is 0.987. The lowest BCUT2D eigenvalue weighted by molar-refractivity contribution is -0.104. The molecule has 0 fully saturated rings. The van der Waals surface area contributed by atoms with Crippen LogP contribution in [0.1, 0.15) is 5.56 Å². The first kappa shape index (κ1) is 11.3. The van der Waals surface area contributed by atoms with Crippen molar-refractivity contribution in [3.05, 3.63) is 35.7 Å². The van der Waals surface area contributed by atoms with Crippen LogP contribution in [0, 0.1) is 5.82 Å². The molecule has 0 saturated carbocycles. The summed E-state index contributed by atoms with van der Waals surface area (Å²) in [6.45, 7) is -3.03. The van der Waals surface area contributed by atoms with E-state index in [0.717, 1.165) is 18.2 Å². The van der Waals surface area contributed by atoms with Gasteiger partial charge in [0.1, 0.15) is 17.9 Å². The molecule has 0 atom stereocenters. The van der Waals surface area contributed by atoms with E-state index in [-0.39, 0.29) is 11.3 Å². The van der Waals surface area contributed by atoms with E-state index in [1.807, 2.05) is 0 Å². The Labute approximate surface area is 84.0 Å². The zero-order valence-corrected chi connectivity index (χ0v) is 7.49. The predicted octanol–water partition coefficient (Wildman–Crippen LogP) is 2.64. The Balaban J connectivity index is 3.02. The lowest BCUT2D eigenvalue weighted by atomic mass is 10.2. The van der Waals surface area contributed by atoms with Crippen molar-refractivity contribution in [1.82, 2.24) is 0 Å². The van der Waals surface area contributed by atoms with Gasteiger partial charge in [0.2, 0.25) is 0 Å². The molecule has 0 aromatic heterocycles. The maximum absolute atomic E-state index is 12.7. The van der Waals surface area contributed by atoms with Gasteiger partial charge in [-0.1, -0.05) is 0 Å². The van der Waals surface area contributed by atoms with Gasteiger partial charge in [-0.3, -0.25) is 4.79 Å². The molecule has 0 aliphatic carbocycles. The van der Waals surface area contributed by atoms with Gasteiger partial charge in [0.25, 0.3) is 0 Å². The summed E-state index contributed by atoms with van der Waals surface area (Å²) < 4.78 is 40.6. The van der Waals surface area contributed by atoms with Crippen LogP contribution in [0.3, 0.4) is 0 Å². The third-order valence-electron chi connectivity index (χ3n) is 1.55. The van der Waals surface area contributed by atoms with Gasteiger partial charge in [-0.15, -0.1) is 0 Å². The third kappa shape index (κ3) is 3.46. The van der Waals surface area contributed by atoms with Crippen LogP contribution in [0.25, 0.3) is 6.08 Å². The number of carbonyl (C=O) groups is 1. The molecule has 0 aliphatic rings. The maximum Gasteiger partial charge on any atom is 0.387 e. The average molecular weight is 216 g/mol. The second-order valence-corrected chi connectivity index (χ2v) is 2.56. The molecule has 15 heavy (non-hydrogen) atoms. The number of rotatable bonds is 4. The van der Waals surface area contributed by atoms with Gasteiger partial charge in [-0.25, -0.2) is 4.39 Å². The molecular weight excluding hydrogens is 209 g/mol. The van der Waals surface area contributed by atoms with Crippen LogP contribution in [0.5, 0.6) is 5.75 Å². The van der Waals surface area contributed by atoms with Crippen LogP contribution in [-0.2, 0) is 4.79 Å². The van der Waals surface area contributed by atoms with Crippen molar-refractivity contribution in [3.63, 3.8) is 0 Å². The van der Waals surface area contributed by atoms with E-state index < -0.39 is 12.4 Å². The van der Waals surface area contributed by atoms with Crippen LogP contribution in [0.4, 0.5) is 13.2 Å². The van der Waals surface area contributed by atoms with Gasteiger partial charge in [0.15, 0.2) is 0 Å². The molecule has 0 N–H and O–H groups in total. The molecule has 0 radical (unpaired) electrons. The van der Waals surface area contributed by atoms with Gasteiger partial charge < -0.3 is 4.74 Å². The van der Waals surface area contributed by atoms with Gasteiger partial charge >= 0.3 is 6.61 Å². The molecule has 0 bridgehead atoms. The van der Waals surface area contributed by atoms with Crippen LogP contribution in [-0.4, -0.2) is 12.9 Å². The molecule has 1 aromatic rings. The van der Waals surface area contributed by atoms with E-state index in [4.69, 9.17) is 0 Å². The molecule has 1 rings (SSSR count). The standard InChI is InChI=1S/C10H7F3O2/c11-8-4-3-7(2-1-5-14)9(6-8)15-10(12)13/h1-6,10H. The van der Waals surface area contributed by atoms with E-state index in [1.165, 1.54) is 12.1 Å². The summed E-state index contributed by atoms with van der Waals surface area (Å²) >= 11 is 0. The molecule has 0 heterocycles. The third-order valence-corrected chi connectivity index (χ3v) is 1.55. The van der Waals surface area contributed by atoms with E-state index in [1.54, 1.807) is 0 Å². The monoisotopic (exact) mass is 216 g/mol. The number of alkyl halides is 2. The minimum Gasteiger partial charge on any atom is -0.434 e. The minimum atomic E-state index is -3.03. The van der Waals surface area contributed by atoms with Crippen LogP contribution < -0.4 is 4.74 Å². The Bertz CT molecular complexity index is 375. The van der Waals surface area contributed by atoms with Gasteiger partial charge in [-0.2, -0.15) is 8.78 Å². The van der Waals surface area contributed by atoms with Crippen molar-refractivity contribution in [2.45, 2.75) is 6.61 Å². The zero-order valence-electron chi connectivity index (χ0n) is 7.49. The first-order valence-corrected chi connectivity index (χ1v) is 3.99. The molecule has 0 saturated heterocycles. The maximum atomic E-state index is 12.7. The Morgan fingerprint density at radius 1 is 1.33 bits per heavy atom. The van der Waals surface area contributed by atoms with Gasteiger partial charge in [0, 0.05) is 11.6 Å². The molecule has 0 aliphatic heterocycles. The van der Waals surface area contributed by atoms with Crippen molar-refractivity contribution in [2.24, 2.45) is 0 Å². The fourth-order valence-electron chi connectivity index (χ4n) is 0.987. The highest BCUT2D eigenvalue weighted by atomic mass is 19.3. The van der Waals surface area contributed by atoms with Crippen LogP contribution >= 0.6 is 0 Å². The highest BCUT2D eigenvalue weighted by Crippen LogP contribution is 2.23. The summed E-state index contributed by atoms with van der Waals surface area (Å²) in [5, 5.41) is 0. The summed E-state index contributed by atoms with van der Waals surface area (Å²) in [5.74, 6) is -0.989. The van der Waals surface area contributed by atoms with Crippen molar-refractivity contribution in [2.75, 3.05) is 0 Å². The molecule has 80 valence electrons. The molecule has 0 amide bonds. The van der Waals surface area contributed by atoms with Crippen molar-refractivity contribution < 1.29 is 22.7 Å². The topological polar surface area (TPSA) is 26.3 Å². The number of hydrogen-bond acceptors (Lipinski definition) is 2. The summed E-state index contributed by atoms with van der Waals surface area (Å²) in [6.07, 6.45) is 2.84. The first-order valence-electron chi connectivity index (χ1n) is 3.99. The van der Waals surface area contributed by atoms with Crippen LogP contribution in [0.2, 0.25) is 0 Å². The summed E-state index contributed by atoms with van der Waals surface area (Å²) in [4.78, 5) is 10.0. The van der Waals surface area contributed by atoms with E-state index >= 15 is 0 Å². The van der Waals surface area contributed by atoms with Crippen molar-refractivity contribution in [3.8, 4) is 5.75 Å². The van der Waals surface area contributed by atoms with E-state index in [9.17, 15) is 18.0 Å². The first-order chi connectivity index (χ1) is 7.13. The number of halogens is 3. The van der Waals surface area contributed by atoms with Crippen LogP contribution in [0.15, 0.2) is 24.3 Å². The number of aldehydes is 1. The molecule has 0 unspecified atom stereocenters. The summed E-state index contributed by atoms with van der Waals surface area (Å²) in [5.41, 5.74) is 0.212. The average Bonchev–Trinajstić information content (AvgIpc) is 2.16. The second-order valence-electron chi connectivity index (χ2n) is 2.56. The van der Waals surface area contributed by atoms with E-state index in [2.05, 4.69) is 4.74 Å². The highest BCUT2D eigenvalue weighted by Gasteiger charge is 2.08. The SMILES string of the molecule is O=CC=Cc1ccc(F)cc1OC(F)F. The Morgan fingerprint density at radius 2 is 2.07 bits per heavy atom. The number of ether oxygens (including phenoxy) is 1. The Hall–Kier alpha value is -1.78. The predicted molar refractivity (Wildman–Crippen MR) is 48.1 cm³/mol. The fraction of sp³-hybridized carbons (Fsp3) is 0.100. The zero-order chi connectivity index (χ0) is 11.3. The minimum absolute atomic E-state index is 0.212. The molecular formula is C10H7F3O2. The van der Waals surface area contributed by atoms with Crippen molar-refractivity contribution >= 4 is 12.4 Å². The number of benzene rings is 1. The second kappa shape index (κ2) is 5.19. The smallest absolute Gasteiger partial charge is 0.387 e. The molecule has 5 heteroatoms.